The molecule has 0 saturated heterocycles. The maximum atomic E-state index is 12.9. The van der Waals surface area contributed by atoms with Crippen molar-refractivity contribution in [3.05, 3.63) is 87.5 Å². The predicted octanol–water partition coefficient (Wildman–Crippen LogP) is 3.82. The summed E-state index contributed by atoms with van der Waals surface area (Å²) in [5.41, 5.74) is 2.06. The number of methoxy groups -OCH3 is 1. The van der Waals surface area contributed by atoms with Crippen molar-refractivity contribution in [2.45, 2.75) is 6.54 Å². The highest BCUT2D eigenvalue weighted by atomic mass is 35.5. The van der Waals surface area contributed by atoms with Gasteiger partial charge in [0.1, 0.15) is 6.54 Å². The third kappa shape index (κ3) is 4.74. The molecule has 3 aromatic carbocycles. The topological polar surface area (TPSA) is 89.4 Å². The van der Waals surface area contributed by atoms with E-state index >= 15 is 0 Å². The Morgan fingerprint density at radius 2 is 1.61 bits per heavy atom. The Morgan fingerprint density at radius 3 is 2.21 bits per heavy atom. The molecule has 0 fully saturated rings. The van der Waals surface area contributed by atoms with Crippen LogP contribution in [0.5, 0.6) is 0 Å². The van der Waals surface area contributed by atoms with Gasteiger partial charge in [0.05, 0.1) is 28.2 Å². The monoisotopic (exact) mass is 463 g/mol. The van der Waals surface area contributed by atoms with Gasteiger partial charge in [0, 0.05) is 30.1 Å². The Kier molecular flexibility index (Phi) is 6.72. The summed E-state index contributed by atoms with van der Waals surface area (Å²) >= 11 is 6.27. The zero-order valence-corrected chi connectivity index (χ0v) is 18.7. The molecule has 168 valence electrons. The number of ether oxygens (including phenoxy) is 1. The van der Waals surface area contributed by atoms with Gasteiger partial charge < -0.3 is 19.9 Å². The third-order valence-electron chi connectivity index (χ3n) is 5.27. The number of nitrogens with zero attached hydrogens (tertiary/aromatic N) is 1. The number of fused-ring (bicyclic) bond motifs is 2. The van der Waals surface area contributed by atoms with E-state index in [2.05, 4.69) is 10.6 Å². The second-order valence-electron chi connectivity index (χ2n) is 7.44. The average molecular weight is 464 g/mol. The second-order valence-corrected chi connectivity index (χ2v) is 7.85. The van der Waals surface area contributed by atoms with Crippen LogP contribution in [-0.2, 0) is 16.1 Å². The standard InChI is InChI=1S/C25H22ClN3O4/c1-33-13-12-27-25(32)17-11-10-16(14-20(17)26)28-23(30)15-29-21-8-4-2-6-18(21)24(31)19-7-3-5-9-22(19)29/h2-11,14H,12-13,15H2,1H3,(H,27,32)(H,28,30). The van der Waals surface area contributed by atoms with Crippen LogP contribution in [0.2, 0.25) is 5.02 Å². The summed E-state index contributed by atoms with van der Waals surface area (Å²) in [4.78, 5) is 38.0. The number of halogens is 1. The molecule has 0 bridgehead atoms. The molecule has 2 N–H and O–H groups in total. The van der Waals surface area contributed by atoms with Gasteiger partial charge in [-0.1, -0.05) is 35.9 Å². The minimum atomic E-state index is -0.318. The first-order chi connectivity index (χ1) is 16.0. The number of pyridine rings is 1. The van der Waals surface area contributed by atoms with E-state index in [1.807, 2.05) is 28.8 Å². The minimum Gasteiger partial charge on any atom is -0.383 e. The first kappa shape index (κ1) is 22.5. The van der Waals surface area contributed by atoms with Gasteiger partial charge in [-0.3, -0.25) is 14.4 Å². The van der Waals surface area contributed by atoms with E-state index in [1.165, 1.54) is 6.07 Å². The second kappa shape index (κ2) is 9.85. The summed E-state index contributed by atoms with van der Waals surface area (Å²) in [5.74, 6) is -0.608. The maximum Gasteiger partial charge on any atom is 0.252 e. The molecule has 4 rings (SSSR count). The van der Waals surface area contributed by atoms with E-state index in [0.29, 0.717) is 46.2 Å². The van der Waals surface area contributed by atoms with Crippen molar-refractivity contribution in [3.63, 3.8) is 0 Å². The van der Waals surface area contributed by atoms with Gasteiger partial charge in [-0.15, -0.1) is 0 Å². The fourth-order valence-electron chi connectivity index (χ4n) is 3.73. The Bertz CT molecular complexity index is 1350. The molecule has 0 unspecified atom stereocenters. The molecule has 1 aromatic heterocycles. The number of hydrogen-bond acceptors (Lipinski definition) is 4. The van der Waals surface area contributed by atoms with Crippen molar-refractivity contribution >= 4 is 50.9 Å². The number of amides is 2. The quantitative estimate of drug-likeness (QED) is 0.322. The Labute approximate surface area is 194 Å². The number of hydrogen-bond donors (Lipinski definition) is 2. The lowest BCUT2D eigenvalue weighted by Crippen LogP contribution is -2.27. The van der Waals surface area contributed by atoms with Crippen LogP contribution in [0.15, 0.2) is 71.5 Å². The van der Waals surface area contributed by atoms with Crippen LogP contribution in [0.1, 0.15) is 10.4 Å². The normalized spacial score (nSPS) is 11.0. The van der Waals surface area contributed by atoms with Gasteiger partial charge in [-0.2, -0.15) is 0 Å². The number of nitrogens with one attached hydrogen (secondary N) is 2. The highest BCUT2D eigenvalue weighted by molar-refractivity contribution is 6.34. The molecule has 0 aliphatic carbocycles. The van der Waals surface area contributed by atoms with Crippen molar-refractivity contribution < 1.29 is 14.3 Å². The summed E-state index contributed by atoms with van der Waals surface area (Å²) in [6, 6.07) is 19.2. The molecule has 1 heterocycles. The Hall–Kier alpha value is -3.68. The molecule has 0 radical (unpaired) electrons. The van der Waals surface area contributed by atoms with Gasteiger partial charge in [0.15, 0.2) is 5.43 Å². The number of carbonyl (C=O) groups is 2. The molecule has 0 atom stereocenters. The number of carbonyl (C=O) groups excluding carboxylic acids is 2. The lowest BCUT2D eigenvalue weighted by atomic mass is 10.1. The number of benzene rings is 3. The summed E-state index contributed by atoms with van der Waals surface area (Å²) in [5, 5.41) is 6.85. The lowest BCUT2D eigenvalue weighted by molar-refractivity contribution is -0.116. The smallest absolute Gasteiger partial charge is 0.252 e. The molecule has 0 aliphatic heterocycles. The van der Waals surface area contributed by atoms with E-state index < -0.39 is 0 Å². The number of rotatable bonds is 7. The van der Waals surface area contributed by atoms with Gasteiger partial charge in [-0.05, 0) is 42.5 Å². The first-order valence-electron chi connectivity index (χ1n) is 10.4. The number of para-hydroxylation sites is 2. The average Bonchev–Trinajstić information content (AvgIpc) is 2.82. The summed E-state index contributed by atoms with van der Waals surface area (Å²) in [6.07, 6.45) is 0. The lowest BCUT2D eigenvalue weighted by Gasteiger charge is -2.15. The van der Waals surface area contributed by atoms with E-state index in [4.69, 9.17) is 16.3 Å². The summed E-state index contributed by atoms with van der Waals surface area (Å²) in [7, 11) is 1.55. The molecular weight excluding hydrogens is 442 g/mol. The van der Waals surface area contributed by atoms with Gasteiger partial charge in [-0.25, -0.2) is 0 Å². The van der Waals surface area contributed by atoms with Crippen molar-refractivity contribution in [1.82, 2.24) is 9.88 Å². The highest BCUT2D eigenvalue weighted by Gasteiger charge is 2.15. The molecule has 8 heteroatoms. The Morgan fingerprint density at radius 1 is 0.970 bits per heavy atom. The van der Waals surface area contributed by atoms with Crippen molar-refractivity contribution in [3.8, 4) is 0 Å². The zero-order chi connectivity index (χ0) is 23.4. The van der Waals surface area contributed by atoms with Crippen molar-refractivity contribution in [2.24, 2.45) is 0 Å². The number of anilines is 1. The van der Waals surface area contributed by atoms with Crippen LogP contribution in [0.25, 0.3) is 21.8 Å². The van der Waals surface area contributed by atoms with Crippen LogP contribution >= 0.6 is 11.6 Å². The molecule has 7 nitrogen and oxygen atoms in total. The minimum absolute atomic E-state index is 0.00180. The van der Waals surface area contributed by atoms with E-state index in [0.717, 1.165) is 0 Å². The highest BCUT2D eigenvalue weighted by Crippen LogP contribution is 2.22. The van der Waals surface area contributed by atoms with Crippen molar-refractivity contribution in [2.75, 3.05) is 25.6 Å². The van der Waals surface area contributed by atoms with Crippen LogP contribution in [0.3, 0.4) is 0 Å². The fourth-order valence-corrected chi connectivity index (χ4v) is 4.00. The predicted molar refractivity (Wildman–Crippen MR) is 130 cm³/mol. The van der Waals surface area contributed by atoms with Crippen LogP contribution < -0.4 is 16.1 Å². The zero-order valence-electron chi connectivity index (χ0n) is 17.9. The van der Waals surface area contributed by atoms with Crippen LogP contribution in [-0.4, -0.2) is 36.6 Å². The largest absolute Gasteiger partial charge is 0.383 e. The SMILES string of the molecule is COCCNC(=O)c1ccc(NC(=O)Cn2c3ccccc3c(=O)c3ccccc32)cc1Cl. The van der Waals surface area contributed by atoms with Crippen LogP contribution in [0, 0.1) is 0 Å². The van der Waals surface area contributed by atoms with Gasteiger partial charge >= 0.3 is 0 Å². The Balaban J connectivity index is 1.58. The molecule has 2 amide bonds. The van der Waals surface area contributed by atoms with Crippen molar-refractivity contribution in [1.29, 1.82) is 0 Å². The summed E-state index contributed by atoms with van der Waals surface area (Å²) in [6.45, 7) is 0.759. The van der Waals surface area contributed by atoms with Gasteiger partial charge in [0.2, 0.25) is 5.91 Å². The number of aromatic nitrogens is 1. The fraction of sp³-hybridized carbons (Fsp3) is 0.160. The van der Waals surface area contributed by atoms with E-state index in [9.17, 15) is 14.4 Å². The molecule has 0 saturated carbocycles. The first-order valence-corrected chi connectivity index (χ1v) is 10.7. The van der Waals surface area contributed by atoms with Crippen LogP contribution in [0.4, 0.5) is 5.69 Å². The van der Waals surface area contributed by atoms with E-state index in [1.54, 1.807) is 43.5 Å². The third-order valence-corrected chi connectivity index (χ3v) is 5.58. The van der Waals surface area contributed by atoms with Gasteiger partial charge in [0.25, 0.3) is 5.91 Å². The maximum absolute atomic E-state index is 12.9. The molecule has 0 spiro atoms. The molecule has 4 aromatic rings. The molecular formula is C25H22ClN3O4. The molecule has 0 aliphatic rings. The summed E-state index contributed by atoms with van der Waals surface area (Å²) < 4.78 is 6.74. The molecule has 33 heavy (non-hydrogen) atoms. The van der Waals surface area contributed by atoms with E-state index in [-0.39, 0.29) is 28.8 Å².